The Morgan fingerprint density at radius 2 is 1.97 bits per heavy atom. The van der Waals surface area contributed by atoms with Crippen molar-refractivity contribution in [2.75, 3.05) is 43.4 Å². The van der Waals surface area contributed by atoms with Crippen LogP contribution < -0.4 is 10.6 Å². The molecule has 0 spiro atoms. The van der Waals surface area contributed by atoms with E-state index in [0.29, 0.717) is 54.3 Å². The van der Waals surface area contributed by atoms with Gasteiger partial charge in [0.25, 0.3) is 0 Å². The van der Waals surface area contributed by atoms with Gasteiger partial charge in [0.05, 0.1) is 11.8 Å². The summed E-state index contributed by atoms with van der Waals surface area (Å²) in [6.45, 7) is 5.53. The quantitative estimate of drug-likeness (QED) is 0.341. The van der Waals surface area contributed by atoms with E-state index >= 15 is 0 Å². The minimum atomic E-state index is -0.850. The smallest absolute Gasteiger partial charge is 0.407 e. The number of piperidine rings is 1. The summed E-state index contributed by atoms with van der Waals surface area (Å²) in [5.74, 6) is 0.820. The molecule has 1 aromatic carbocycles. The van der Waals surface area contributed by atoms with Gasteiger partial charge in [0, 0.05) is 67.6 Å². The summed E-state index contributed by atoms with van der Waals surface area (Å²) in [7, 11) is 0. The van der Waals surface area contributed by atoms with E-state index in [1.165, 1.54) is 15.6 Å². The van der Waals surface area contributed by atoms with Crippen LogP contribution in [0, 0.1) is 22.7 Å². The minimum absolute atomic E-state index is 0.263. The molecule has 13 heteroatoms. The Balaban J connectivity index is 1.23. The first-order valence-electron chi connectivity index (χ1n) is 12.9. The van der Waals surface area contributed by atoms with Crippen molar-refractivity contribution in [3.63, 3.8) is 0 Å². The molecule has 0 atom stereocenters. The molecule has 1 amide bonds. The summed E-state index contributed by atoms with van der Waals surface area (Å²) < 4.78 is 3.66. The SMILES string of the molecule is CCNc1nc(Nc2ccc3c(c2)c(C#N)cn3C2CCN(C3CN(C(=O)O)C3)CC2)nn2c(C#N)cnc12. The van der Waals surface area contributed by atoms with Crippen molar-refractivity contribution in [2.24, 2.45) is 0 Å². The predicted molar refractivity (Wildman–Crippen MR) is 143 cm³/mol. The van der Waals surface area contributed by atoms with E-state index in [9.17, 15) is 15.3 Å². The second-order valence-electron chi connectivity index (χ2n) is 9.83. The van der Waals surface area contributed by atoms with Crippen LogP contribution in [0.3, 0.4) is 0 Å². The van der Waals surface area contributed by atoms with Crippen molar-refractivity contribution in [3.8, 4) is 12.1 Å². The summed E-state index contributed by atoms with van der Waals surface area (Å²) >= 11 is 0. The summed E-state index contributed by atoms with van der Waals surface area (Å²) in [5, 5.41) is 40.1. The van der Waals surface area contributed by atoms with Crippen molar-refractivity contribution in [1.29, 1.82) is 10.5 Å². The lowest BCUT2D eigenvalue weighted by Crippen LogP contribution is -2.61. The topological polar surface area (TPSA) is 163 Å². The van der Waals surface area contributed by atoms with E-state index in [0.717, 1.165) is 42.5 Å². The molecular weight excluding hydrogens is 498 g/mol. The number of carbonyl (C=O) groups is 1. The second-order valence-corrected chi connectivity index (χ2v) is 9.83. The Kier molecular flexibility index (Phi) is 6.13. The summed E-state index contributed by atoms with van der Waals surface area (Å²) in [6, 6.07) is 10.8. The molecule has 13 nitrogen and oxygen atoms in total. The van der Waals surface area contributed by atoms with E-state index in [4.69, 9.17) is 5.11 Å². The number of hydrogen-bond donors (Lipinski definition) is 3. The lowest BCUT2D eigenvalue weighted by molar-refractivity contribution is 0.0212. The zero-order valence-electron chi connectivity index (χ0n) is 21.4. The number of hydrogen-bond acceptors (Lipinski definition) is 9. The number of benzene rings is 1. The van der Waals surface area contributed by atoms with Gasteiger partial charge in [0.1, 0.15) is 12.1 Å². The number of anilines is 3. The molecule has 5 heterocycles. The predicted octanol–water partition coefficient (Wildman–Crippen LogP) is 3.00. The molecule has 0 bridgehead atoms. The number of likely N-dealkylation sites (tertiary alicyclic amines) is 2. The van der Waals surface area contributed by atoms with Gasteiger partial charge in [-0.25, -0.2) is 9.78 Å². The Hall–Kier alpha value is -4.88. The highest BCUT2D eigenvalue weighted by molar-refractivity contribution is 5.90. The van der Waals surface area contributed by atoms with Crippen molar-refractivity contribution in [2.45, 2.75) is 31.8 Å². The number of aromatic nitrogens is 5. The summed E-state index contributed by atoms with van der Waals surface area (Å²) in [5.41, 5.74) is 3.08. The van der Waals surface area contributed by atoms with Crippen LogP contribution in [-0.4, -0.2) is 83.9 Å². The molecule has 0 saturated carbocycles. The molecule has 2 aliphatic heterocycles. The number of fused-ring (bicyclic) bond motifs is 2. The maximum atomic E-state index is 11.1. The Bertz CT molecular complexity index is 1650. The fourth-order valence-corrected chi connectivity index (χ4v) is 5.52. The van der Waals surface area contributed by atoms with E-state index in [2.05, 4.69) is 47.3 Å². The van der Waals surface area contributed by atoms with Crippen LogP contribution in [0.15, 0.2) is 30.6 Å². The maximum absolute atomic E-state index is 11.1. The standard InChI is InChI=1S/C26H27N11O2/c1-2-29-23-24-30-12-19(11-28)37(24)33-25(32-23)31-17-3-4-22-21(9-17)16(10-27)13-36(22)18-5-7-34(8-6-18)20-14-35(15-20)26(38)39/h3-4,9,12-13,18,20H,2,5-8,14-15H2,1H3,(H,38,39)(H2,29,31,32,33). The van der Waals surface area contributed by atoms with Crippen LogP contribution in [0.25, 0.3) is 16.6 Å². The van der Waals surface area contributed by atoms with Gasteiger partial charge in [-0.3, -0.25) is 4.90 Å². The number of nitriles is 2. The van der Waals surface area contributed by atoms with Gasteiger partial charge in [0.2, 0.25) is 5.95 Å². The number of nitrogens with zero attached hydrogens (tertiary/aromatic N) is 9. The third kappa shape index (κ3) is 4.32. The normalized spacial score (nSPS) is 16.6. The van der Waals surface area contributed by atoms with E-state index < -0.39 is 6.09 Å². The largest absolute Gasteiger partial charge is 0.465 e. The van der Waals surface area contributed by atoms with Crippen molar-refractivity contribution in [1.82, 2.24) is 33.9 Å². The first kappa shape index (κ1) is 24.5. The summed E-state index contributed by atoms with van der Waals surface area (Å²) in [6.07, 6.45) is 4.42. The third-order valence-electron chi connectivity index (χ3n) is 7.57. The lowest BCUT2D eigenvalue weighted by Gasteiger charge is -2.46. The fourth-order valence-electron chi connectivity index (χ4n) is 5.52. The van der Waals surface area contributed by atoms with Crippen LogP contribution in [0.2, 0.25) is 0 Å². The van der Waals surface area contributed by atoms with E-state index in [-0.39, 0.29) is 6.04 Å². The molecule has 39 heavy (non-hydrogen) atoms. The third-order valence-corrected chi connectivity index (χ3v) is 7.57. The van der Waals surface area contributed by atoms with Gasteiger partial charge in [-0.05, 0) is 38.0 Å². The Labute approximate surface area is 223 Å². The molecule has 0 unspecified atom stereocenters. The number of carboxylic acid groups (broad SMARTS) is 1. The number of nitrogens with one attached hydrogen (secondary N) is 2. The van der Waals surface area contributed by atoms with Gasteiger partial charge in [-0.1, -0.05) is 0 Å². The minimum Gasteiger partial charge on any atom is -0.465 e. The molecule has 6 rings (SSSR count). The average Bonchev–Trinajstić information content (AvgIpc) is 3.49. The highest BCUT2D eigenvalue weighted by Crippen LogP contribution is 2.33. The average molecular weight is 526 g/mol. The number of imidazole rings is 1. The lowest BCUT2D eigenvalue weighted by atomic mass is 9.99. The molecule has 2 fully saturated rings. The highest BCUT2D eigenvalue weighted by Gasteiger charge is 2.36. The summed E-state index contributed by atoms with van der Waals surface area (Å²) in [4.78, 5) is 23.7. The van der Waals surface area contributed by atoms with Gasteiger partial charge in [-0.2, -0.15) is 20.0 Å². The van der Waals surface area contributed by atoms with E-state index in [1.807, 2.05) is 31.3 Å². The van der Waals surface area contributed by atoms with Crippen molar-refractivity contribution < 1.29 is 9.90 Å². The van der Waals surface area contributed by atoms with Crippen molar-refractivity contribution >= 4 is 40.1 Å². The maximum Gasteiger partial charge on any atom is 0.407 e. The molecular formula is C26H27N11O2. The van der Waals surface area contributed by atoms with Crippen LogP contribution in [-0.2, 0) is 0 Å². The number of rotatable bonds is 6. The first-order chi connectivity index (χ1) is 19.0. The van der Waals surface area contributed by atoms with Gasteiger partial charge >= 0.3 is 6.09 Å². The van der Waals surface area contributed by atoms with Crippen LogP contribution >= 0.6 is 0 Å². The van der Waals surface area contributed by atoms with Crippen molar-refractivity contribution in [3.05, 3.63) is 41.9 Å². The highest BCUT2D eigenvalue weighted by atomic mass is 16.4. The second kappa shape index (κ2) is 9.78. The first-order valence-corrected chi connectivity index (χ1v) is 12.9. The Morgan fingerprint density at radius 3 is 2.67 bits per heavy atom. The zero-order chi connectivity index (χ0) is 27.1. The van der Waals surface area contributed by atoms with Gasteiger partial charge in [-0.15, -0.1) is 5.10 Å². The molecule has 198 valence electrons. The van der Waals surface area contributed by atoms with Crippen LogP contribution in [0.1, 0.15) is 37.1 Å². The number of amides is 1. The fraction of sp³-hybridized carbons (Fsp3) is 0.385. The Morgan fingerprint density at radius 1 is 1.18 bits per heavy atom. The molecule has 2 saturated heterocycles. The van der Waals surface area contributed by atoms with Gasteiger partial charge in [0.15, 0.2) is 17.2 Å². The molecule has 0 aliphatic carbocycles. The zero-order valence-corrected chi connectivity index (χ0v) is 21.4. The van der Waals surface area contributed by atoms with Crippen LogP contribution in [0.5, 0.6) is 0 Å². The van der Waals surface area contributed by atoms with Crippen LogP contribution in [0.4, 0.5) is 22.2 Å². The molecule has 4 aromatic rings. The molecule has 3 aromatic heterocycles. The van der Waals surface area contributed by atoms with Gasteiger partial charge < -0.3 is 25.2 Å². The molecule has 2 aliphatic rings. The van der Waals surface area contributed by atoms with E-state index in [1.54, 1.807) is 0 Å². The monoisotopic (exact) mass is 525 g/mol. The molecule has 0 radical (unpaired) electrons. The molecule has 3 N–H and O–H groups in total.